The van der Waals surface area contributed by atoms with Crippen molar-refractivity contribution in [3.63, 3.8) is 0 Å². The Balaban J connectivity index is 0.00000128. The zero-order chi connectivity index (χ0) is 10.7. The van der Waals surface area contributed by atoms with Crippen LogP contribution in [0.15, 0.2) is 12.1 Å². The first-order valence-corrected chi connectivity index (χ1v) is 4.72. The fourth-order valence-corrected chi connectivity index (χ4v) is 1.47. The van der Waals surface area contributed by atoms with E-state index in [1.165, 1.54) is 0 Å². The van der Waals surface area contributed by atoms with Crippen LogP contribution in [0.25, 0.3) is 0 Å². The number of methoxy groups -OCH3 is 2. The van der Waals surface area contributed by atoms with Crippen molar-refractivity contribution in [2.45, 2.75) is 6.29 Å². The summed E-state index contributed by atoms with van der Waals surface area (Å²) in [5.41, 5.74) is 0.824. The number of benzene rings is 1. The first-order chi connectivity index (χ1) is 7.35. The number of hydrogen-bond acceptors (Lipinski definition) is 4. The topological polar surface area (TPSA) is 36.9 Å². The van der Waals surface area contributed by atoms with E-state index in [0.717, 1.165) is 5.56 Å². The van der Waals surface area contributed by atoms with Crippen LogP contribution in [0, 0.1) is 6.07 Å². The molecule has 1 fully saturated rings. The Morgan fingerprint density at radius 3 is 2.38 bits per heavy atom. The van der Waals surface area contributed by atoms with Gasteiger partial charge in [0.15, 0.2) is 6.29 Å². The summed E-state index contributed by atoms with van der Waals surface area (Å²) >= 11 is 0. The summed E-state index contributed by atoms with van der Waals surface area (Å²) in [7, 11) is 3.19. The van der Waals surface area contributed by atoms with Crippen LogP contribution in [-0.4, -0.2) is 27.4 Å². The third kappa shape index (κ3) is 2.72. The Hall–Kier alpha value is -0.663. The fraction of sp³-hybridized carbons (Fsp3) is 0.455. The third-order valence-corrected chi connectivity index (χ3v) is 2.21. The zero-order valence-corrected chi connectivity index (χ0v) is 9.78. The van der Waals surface area contributed by atoms with Crippen LogP contribution < -0.4 is 28.3 Å². The van der Waals surface area contributed by atoms with Gasteiger partial charge < -0.3 is 18.9 Å². The van der Waals surface area contributed by atoms with Gasteiger partial charge in [0.2, 0.25) is 0 Å². The molecule has 5 heteroatoms. The van der Waals surface area contributed by atoms with E-state index >= 15 is 0 Å². The van der Waals surface area contributed by atoms with E-state index in [9.17, 15) is 0 Å². The van der Waals surface area contributed by atoms with Crippen LogP contribution in [0.3, 0.4) is 0 Å². The van der Waals surface area contributed by atoms with Gasteiger partial charge in [-0.3, -0.25) is 0 Å². The molecule has 1 heterocycles. The molecule has 1 aliphatic heterocycles. The number of hydrogen-bond donors (Lipinski definition) is 0. The van der Waals surface area contributed by atoms with Gasteiger partial charge in [0.05, 0.1) is 33.2 Å². The maximum absolute atomic E-state index is 5.36. The van der Waals surface area contributed by atoms with Crippen LogP contribution in [0.1, 0.15) is 11.9 Å². The largest absolute Gasteiger partial charge is 1.00 e. The van der Waals surface area contributed by atoms with E-state index in [-0.39, 0.29) is 25.2 Å². The average molecular weight is 216 g/mol. The first kappa shape index (κ1) is 13.4. The Labute approximate surface area is 107 Å². The van der Waals surface area contributed by atoms with Crippen molar-refractivity contribution < 1.29 is 37.8 Å². The van der Waals surface area contributed by atoms with Gasteiger partial charge in [-0.2, -0.15) is 6.07 Å². The summed E-state index contributed by atoms with van der Waals surface area (Å²) in [5.74, 6) is 1.31. The zero-order valence-electron chi connectivity index (χ0n) is 9.78. The SMILES string of the molecule is COc1c[c-]c(C2OCCO2)cc1OC.[Li+]. The Kier molecular flexibility index (Phi) is 5.17. The predicted octanol–water partition coefficient (Wildman–Crippen LogP) is -1.45. The van der Waals surface area contributed by atoms with Crippen molar-refractivity contribution in [1.29, 1.82) is 0 Å². The van der Waals surface area contributed by atoms with Crippen LogP contribution in [-0.2, 0) is 9.47 Å². The van der Waals surface area contributed by atoms with Crippen molar-refractivity contribution in [3.8, 4) is 11.5 Å². The van der Waals surface area contributed by atoms with Crippen molar-refractivity contribution >= 4 is 0 Å². The molecule has 0 N–H and O–H groups in total. The van der Waals surface area contributed by atoms with Crippen LogP contribution in [0.5, 0.6) is 11.5 Å². The molecule has 0 amide bonds. The summed E-state index contributed by atoms with van der Waals surface area (Å²) in [4.78, 5) is 0. The van der Waals surface area contributed by atoms with Gasteiger partial charge in [-0.05, 0) is 0 Å². The average Bonchev–Trinajstić information content (AvgIpc) is 2.81. The maximum Gasteiger partial charge on any atom is 1.00 e. The fourth-order valence-electron chi connectivity index (χ4n) is 1.47. The summed E-state index contributed by atoms with van der Waals surface area (Å²) in [6.07, 6.45) is -0.329. The van der Waals surface area contributed by atoms with Gasteiger partial charge >= 0.3 is 18.9 Å². The summed E-state index contributed by atoms with van der Waals surface area (Å²) in [6, 6.07) is 6.59. The van der Waals surface area contributed by atoms with Crippen molar-refractivity contribution in [2.75, 3.05) is 27.4 Å². The molecule has 16 heavy (non-hydrogen) atoms. The second-order valence-electron chi connectivity index (χ2n) is 3.10. The van der Waals surface area contributed by atoms with Crippen LogP contribution in [0.4, 0.5) is 0 Å². The second kappa shape index (κ2) is 6.17. The van der Waals surface area contributed by atoms with Gasteiger partial charge in [-0.1, -0.05) is 0 Å². The molecule has 0 radical (unpaired) electrons. The molecule has 0 saturated carbocycles. The van der Waals surface area contributed by atoms with Crippen molar-refractivity contribution in [3.05, 3.63) is 23.8 Å². The molecule has 0 atom stereocenters. The molecule has 0 unspecified atom stereocenters. The number of rotatable bonds is 3. The summed E-state index contributed by atoms with van der Waals surface area (Å²) in [5, 5.41) is 0. The Morgan fingerprint density at radius 1 is 1.19 bits per heavy atom. The smallest absolute Gasteiger partial charge is 0.551 e. The van der Waals surface area contributed by atoms with Crippen molar-refractivity contribution in [1.82, 2.24) is 0 Å². The molecular weight excluding hydrogens is 203 g/mol. The van der Waals surface area contributed by atoms with E-state index in [0.29, 0.717) is 24.7 Å². The molecule has 82 valence electrons. The molecule has 1 saturated heterocycles. The van der Waals surface area contributed by atoms with Gasteiger partial charge in [-0.15, -0.1) is 17.7 Å². The van der Waals surface area contributed by atoms with E-state index in [1.54, 1.807) is 20.3 Å². The molecule has 0 aliphatic carbocycles. The molecular formula is C11H13LiO4. The second-order valence-corrected chi connectivity index (χ2v) is 3.10. The van der Waals surface area contributed by atoms with Gasteiger partial charge in [-0.25, -0.2) is 0 Å². The van der Waals surface area contributed by atoms with Gasteiger partial charge in [0.1, 0.15) is 0 Å². The third-order valence-electron chi connectivity index (χ3n) is 2.21. The standard InChI is InChI=1S/C11H13O4.Li/c1-12-9-4-3-8(7-10(9)13-2)11-14-5-6-15-11;/h4,7,11H,5-6H2,1-2H3;/q-1;+1. The molecule has 4 nitrogen and oxygen atoms in total. The molecule has 1 aromatic rings. The maximum atomic E-state index is 5.36. The summed E-state index contributed by atoms with van der Waals surface area (Å²) < 4.78 is 21.0. The summed E-state index contributed by atoms with van der Waals surface area (Å²) in [6.45, 7) is 1.24. The predicted molar refractivity (Wildman–Crippen MR) is 53.0 cm³/mol. The van der Waals surface area contributed by atoms with Gasteiger partial charge in [0, 0.05) is 5.75 Å². The minimum absolute atomic E-state index is 0. The van der Waals surface area contributed by atoms with Crippen LogP contribution in [0.2, 0.25) is 0 Å². The minimum atomic E-state index is -0.329. The quantitative estimate of drug-likeness (QED) is 0.458. The normalized spacial score (nSPS) is 15.6. The monoisotopic (exact) mass is 216 g/mol. The number of ether oxygens (including phenoxy) is 4. The van der Waals surface area contributed by atoms with E-state index in [2.05, 4.69) is 6.07 Å². The van der Waals surface area contributed by atoms with Crippen molar-refractivity contribution in [2.24, 2.45) is 0 Å². The first-order valence-electron chi connectivity index (χ1n) is 4.72. The van der Waals surface area contributed by atoms with E-state index in [4.69, 9.17) is 18.9 Å². The van der Waals surface area contributed by atoms with Crippen LogP contribution >= 0.6 is 0 Å². The molecule has 1 aliphatic rings. The molecule has 2 rings (SSSR count). The van der Waals surface area contributed by atoms with E-state index < -0.39 is 0 Å². The molecule has 0 bridgehead atoms. The molecule has 0 spiro atoms. The van der Waals surface area contributed by atoms with Gasteiger partial charge in [0.25, 0.3) is 0 Å². The Bertz CT molecular complexity index is 337. The minimum Gasteiger partial charge on any atom is -0.551 e. The molecule has 1 aromatic carbocycles. The Morgan fingerprint density at radius 2 is 1.81 bits per heavy atom. The van der Waals surface area contributed by atoms with E-state index in [1.807, 2.05) is 6.07 Å². The molecule has 0 aromatic heterocycles.